The molecule has 0 amide bonds. The van der Waals surface area contributed by atoms with Crippen molar-refractivity contribution < 1.29 is 4.79 Å². The van der Waals surface area contributed by atoms with E-state index >= 15 is 0 Å². The van der Waals surface area contributed by atoms with E-state index in [2.05, 4.69) is 19.9 Å². The Bertz CT molecular complexity index is 637. The summed E-state index contributed by atoms with van der Waals surface area (Å²) in [5.41, 5.74) is 3.32. The highest BCUT2D eigenvalue weighted by atomic mass is 35.5. The summed E-state index contributed by atoms with van der Waals surface area (Å²) in [5, 5.41) is 0.695. The first kappa shape index (κ1) is 16.5. The Morgan fingerprint density at radius 1 is 1.05 bits per heavy atom. The van der Waals surface area contributed by atoms with Crippen LogP contribution in [0.25, 0.3) is 0 Å². The molecule has 1 unspecified atom stereocenters. The van der Waals surface area contributed by atoms with Crippen molar-refractivity contribution in [2.75, 3.05) is 0 Å². The summed E-state index contributed by atoms with van der Waals surface area (Å²) in [6.45, 7) is 4.11. The molecule has 0 aromatic heterocycles. The Labute approximate surface area is 137 Å². The average molecular weight is 313 g/mol. The molecule has 0 N–H and O–H groups in total. The first-order valence-electron chi connectivity index (χ1n) is 7.51. The molecule has 1 atom stereocenters. The lowest BCUT2D eigenvalue weighted by Crippen LogP contribution is -2.14. The third kappa shape index (κ3) is 4.85. The maximum atomic E-state index is 12.7. The van der Waals surface area contributed by atoms with Crippen molar-refractivity contribution in [1.29, 1.82) is 0 Å². The molecule has 114 valence electrons. The van der Waals surface area contributed by atoms with Gasteiger partial charge in [-0.1, -0.05) is 65.7 Å². The fourth-order valence-corrected chi connectivity index (χ4v) is 2.55. The quantitative estimate of drug-likeness (QED) is 0.635. The molecular formula is C20H21ClO. The van der Waals surface area contributed by atoms with E-state index in [9.17, 15) is 4.79 Å². The molecule has 0 aliphatic heterocycles. The van der Waals surface area contributed by atoms with E-state index in [0.717, 1.165) is 17.5 Å². The fourth-order valence-electron chi connectivity index (χ4n) is 2.42. The topological polar surface area (TPSA) is 17.1 Å². The van der Waals surface area contributed by atoms with Gasteiger partial charge >= 0.3 is 0 Å². The standard InChI is InChI=1S/C20H21ClO/c1-15(2)8-13-19(17-9-11-18(21)12-10-17)20(22)14-16-6-4-3-5-7-16/h3-12,19H,13-14H2,1-2H3. The van der Waals surface area contributed by atoms with Gasteiger partial charge in [0.1, 0.15) is 5.78 Å². The maximum Gasteiger partial charge on any atom is 0.145 e. The fraction of sp³-hybridized carbons (Fsp3) is 0.250. The average Bonchev–Trinajstić information content (AvgIpc) is 2.50. The van der Waals surface area contributed by atoms with Gasteiger partial charge in [-0.15, -0.1) is 0 Å². The second-order valence-corrected chi connectivity index (χ2v) is 6.19. The Morgan fingerprint density at radius 3 is 2.27 bits per heavy atom. The van der Waals surface area contributed by atoms with Gasteiger partial charge in [0.15, 0.2) is 0 Å². The Kier molecular flexibility index (Phi) is 5.97. The molecule has 0 aliphatic carbocycles. The van der Waals surface area contributed by atoms with E-state index in [-0.39, 0.29) is 11.7 Å². The third-order valence-corrected chi connectivity index (χ3v) is 3.90. The molecule has 0 fully saturated rings. The van der Waals surface area contributed by atoms with Crippen LogP contribution in [0.1, 0.15) is 37.3 Å². The molecule has 2 aromatic rings. The zero-order chi connectivity index (χ0) is 15.9. The highest BCUT2D eigenvalue weighted by molar-refractivity contribution is 6.30. The van der Waals surface area contributed by atoms with E-state index < -0.39 is 0 Å². The van der Waals surface area contributed by atoms with Crippen LogP contribution < -0.4 is 0 Å². The summed E-state index contributed by atoms with van der Waals surface area (Å²) < 4.78 is 0. The van der Waals surface area contributed by atoms with Gasteiger partial charge in [-0.25, -0.2) is 0 Å². The molecule has 2 heteroatoms. The van der Waals surface area contributed by atoms with Crippen LogP contribution in [-0.4, -0.2) is 5.78 Å². The summed E-state index contributed by atoms with van der Waals surface area (Å²) >= 11 is 5.96. The van der Waals surface area contributed by atoms with Crippen LogP contribution in [-0.2, 0) is 11.2 Å². The van der Waals surface area contributed by atoms with Gasteiger partial charge in [-0.3, -0.25) is 4.79 Å². The summed E-state index contributed by atoms with van der Waals surface area (Å²) in [6, 6.07) is 17.5. The zero-order valence-corrected chi connectivity index (χ0v) is 13.8. The minimum absolute atomic E-state index is 0.118. The van der Waals surface area contributed by atoms with Gasteiger partial charge in [0.05, 0.1) is 0 Å². The number of carbonyl (C=O) groups is 1. The normalized spacial score (nSPS) is 11.8. The first-order chi connectivity index (χ1) is 10.6. The number of benzene rings is 2. The number of halogens is 1. The molecule has 0 heterocycles. The maximum absolute atomic E-state index is 12.7. The molecule has 2 rings (SSSR count). The van der Waals surface area contributed by atoms with Gasteiger partial charge < -0.3 is 0 Å². The molecule has 0 bridgehead atoms. The largest absolute Gasteiger partial charge is 0.299 e. The van der Waals surface area contributed by atoms with Gasteiger partial charge in [0.2, 0.25) is 0 Å². The van der Waals surface area contributed by atoms with Crippen LogP contribution in [0.15, 0.2) is 66.2 Å². The van der Waals surface area contributed by atoms with Gasteiger partial charge in [-0.2, -0.15) is 0 Å². The minimum Gasteiger partial charge on any atom is -0.299 e. The van der Waals surface area contributed by atoms with E-state index in [1.807, 2.05) is 54.6 Å². The number of hydrogen-bond acceptors (Lipinski definition) is 1. The van der Waals surface area contributed by atoms with Crippen molar-refractivity contribution in [3.63, 3.8) is 0 Å². The number of rotatable bonds is 6. The molecule has 0 saturated carbocycles. The molecule has 22 heavy (non-hydrogen) atoms. The van der Waals surface area contributed by atoms with Crippen molar-refractivity contribution in [3.8, 4) is 0 Å². The number of ketones is 1. The van der Waals surface area contributed by atoms with Gasteiger partial charge in [0, 0.05) is 17.4 Å². The Balaban J connectivity index is 2.21. The van der Waals surface area contributed by atoms with Gasteiger partial charge in [-0.05, 0) is 43.5 Å². The van der Waals surface area contributed by atoms with Crippen molar-refractivity contribution >= 4 is 17.4 Å². The van der Waals surface area contributed by atoms with Crippen LogP contribution in [0.5, 0.6) is 0 Å². The Morgan fingerprint density at radius 2 is 1.68 bits per heavy atom. The second-order valence-electron chi connectivity index (χ2n) is 5.75. The molecular weight excluding hydrogens is 292 g/mol. The molecule has 0 aliphatic rings. The SMILES string of the molecule is CC(C)=CCC(C(=O)Cc1ccccc1)c1ccc(Cl)cc1. The summed E-state index contributed by atoms with van der Waals surface area (Å²) in [6.07, 6.45) is 3.32. The van der Waals surface area contributed by atoms with Crippen molar-refractivity contribution in [3.05, 3.63) is 82.4 Å². The predicted octanol–water partition coefficient (Wildman–Crippen LogP) is 5.59. The van der Waals surface area contributed by atoms with E-state index in [1.165, 1.54) is 5.57 Å². The minimum atomic E-state index is -0.118. The lowest BCUT2D eigenvalue weighted by atomic mass is 9.88. The third-order valence-electron chi connectivity index (χ3n) is 3.64. The smallest absolute Gasteiger partial charge is 0.145 e. The van der Waals surface area contributed by atoms with Crippen molar-refractivity contribution in [2.24, 2.45) is 0 Å². The monoisotopic (exact) mass is 312 g/mol. The first-order valence-corrected chi connectivity index (χ1v) is 7.89. The second kappa shape index (κ2) is 7.95. The predicted molar refractivity (Wildman–Crippen MR) is 93.4 cm³/mol. The van der Waals surface area contributed by atoms with Crippen LogP contribution in [0.4, 0.5) is 0 Å². The molecule has 1 nitrogen and oxygen atoms in total. The highest BCUT2D eigenvalue weighted by Gasteiger charge is 2.19. The van der Waals surface area contributed by atoms with Gasteiger partial charge in [0.25, 0.3) is 0 Å². The van der Waals surface area contributed by atoms with E-state index in [4.69, 9.17) is 11.6 Å². The van der Waals surface area contributed by atoms with Crippen LogP contribution in [0.2, 0.25) is 5.02 Å². The lowest BCUT2D eigenvalue weighted by Gasteiger charge is -2.15. The lowest BCUT2D eigenvalue weighted by molar-refractivity contribution is -0.119. The number of allylic oxidation sites excluding steroid dienone is 2. The molecule has 0 saturated heterocycles. The summed E-state index contributed by atoms with van der Waals surface area (Å²) in [5.74, 6) is 0.124. The highest BCUT2D eigenvalue weighted by Crippen LogP contribution is 2.25. The van der Waals surface area contributed by atoms with E-state index in [1.54, 1.807) is 0 Å². The van der Waals surface area contributed by atoms with Crippen LogP contribution >= 0.6 is 11.6 Å². The van der Waals surface area contributed by atoms with E-state index in [0.29, 0.717) is 11.4 Å². The molecule has 0 spiro atoms. The number of Topliss-reactive ketones (excluding diaryl/α,β-unsaturated/α-hetero) is 1. The number of carbonyl (C=O) groups excluding carboxylic acids is 1. The number of hydrogen-bond donors (Lipinski definition) is 0. The molecule has 0 radical (unpaired) electrons. The van der Waals surface area contributed by atoms with Crippen LogP contribution in [0, 0.1) is 0 Å². The zero-order valence-electron chi connectivity index (χ0n) is 13.1. The summed E-state index contributed by atoms with van der Waals surface area (Å²) in [7, 11) is 0. The van der Waals surface area contributed by atoms with Crippen molar-refractivity contribution in [1.82, 2.24) is 0 Å². The van der Waals surface area contributed by atoms with Crippen molar-refractivity contribution in [2.45, 2.75) is 32.6 Å². The van der Waals surface area contributed by atoms with Crippen LogP contribution in [0.3, 0.4) is 0 Å². The molecule has 2 aromatic carbocycles. The summed E-state index contributed by atoms with van der Waals surface area (Å²) in [4.78, 5) is 12.7. The Hall–Kier alpha value is -1.86.